The number of nitrogens with zero attached hydrogens (tertiary/aromatic N) is 3. The highest BCUT2D eigenvalue weighted by Gasteiger charge is 2.16. The highest BCUT2D eigenvalue weighted by molar-refractivity contribution is 6.06. The van der Waals surface area contributed by atoms with E-state index in [0.717, 1.165) is 22.1 Å². The molecule has 1 N–H and O–H groups in total. The summed E-state index contributed by atoms with van der Waals surface area (Å²) in [6, 6.07) is 18.7. The maximum Gasteiger partial charge on any atom is 0.292 e. The Labute approximate surface area is 179 Å². The van der Waals surface area contributed by atoms with E-state index in [1.165, 1.54) is 4.68 Å². The van der Waals surface area contributed by atoms with Crippen LogP contribution in [0, 0.1) is 0 Å². The number of fused-ring (bicyclic) bond motifs is 2. The van der Waals surface area contributed by atoms with Crippen molar-refractivity contribution in [1.29, 1.82) is 0 Å². The van der Waals surface area contributed by atoms with Crippen LogP contribution >= 0.6 is 0 Å². The van der Waals surface area contributed by atoms with Gasteiger partial charge in [-0.2, -0.15) is 10.2 Å². The lowest BCUT2D eigenvalue weighted by Crippen LogP contribution is -2.28. The molecule has 0 aliphatic rings. The van der Waals surface area contributed by atoms with Crippen molar-refractivity contribution in [2.75, 3.05) is 7.11 Å². The van der Waals surface area contributed by atoms with Crippen LogP contribution in [0.5, 0.6) is 5.75 Å². The summed E-state index contributed by atoms with van der Waals surface area (Å²) in [4.78, 5) is 25.3. The molecule has 0 radical (unpaired) electrons. The molecule has 1 heterocycles. The van der Waals surface area contributed by atoms with Gasteiger partial charge >= 0.3 is 0 Å². The number of ether oxygens (including phenoxy) is 1. The monoisotopic (exact) mass is 414 g/mol. The predicted octanol–water partition coefficient (Wildman–Crippen LogP) is 3.73. The Morgan fingerprint density at radius 2 is 1.77 bits per heavy atom. The molecule has 0 atom stereocenters. The number of methoxy groups -OCH3 is 1. The minimum absolute atomic E-state index is 0.166. The lowest BCUT2D eigenvalue weighted by molar-refractivity contribution is 0.0949. The number of amides is 1. The summed E-state index contributed by atoms with van der Waals surface area (Å²) >= 11 is 0. The summed E-state index contributed by atoms with van der Waals surface area (Å²) in [6.45, 7) is 4.00. The number of hydrazone groups is 1. The zero-order valence-corrected chi connectivity index (χ0v) is 17.5. The first-order chi connectivity index (χ1) is 15.0. The number of nitrogens with one attached hydrogen (secondary N) is 1. The maximum atomic E-state index is 12.8. The first-order valence-electron chi connectivity index (χ1n) is 9.94. The van der Waals surface area contributed by atoms with Crippen molar-refractivity contribution in [2.24, 2.45) is 5.10 Å². The van der Waals surface area contributed by atoms with Crippen molar-refractivity contribution in [1.82, 2.24) is 15.2 Å². The third-order valence-corrected chi connectivity index (χ3v) is 5.17. The molecular weight excluding hydrogens is 392 g/mol. The van der Waals surface area contributed by atoms with Gasteiger partial charge in [0, 0.05) is 11.9 Å². The summed E-state index contributed by atoms with van der Waals surface area (Å²) in [5.41, 5.74) is 4.06. The Balaban J connectivity index is 1.64. The zero-order chi connectivity index (χ0) is 22.0. The van der Waals surface area contributed by atoms with E-state index in [9.17, 15) is 9.59 Å². The van der Waals surface area contributed by atoms with Crippen LogP contribution in [0.2, 0.25) is 0 Å². The molecule has 4 rings (SSSR count). The summed E-state index contributed by atoms with van der Waals surface area (Å²) in [5, 5.41) is 11.6. The highest BCUT2D eigenvalue weighted by Crippen LogP contribution is 2.22. The Bertz CT molecular complexity index is 1390. The fourth-order valence-corrected chi connectivity index (χ4v) is 3.45. The maximum absolute atomic E-state index is 12.8. The number of hydrogen-bond donors (Lipinski definition) is 1. The van der Waals surface area contributed by atoms with Gasteiger partial charge in [-0.3, -0.25) is 9.59 Å². The molecule has 1 amide bonds. The minimum Gasteiger partial charge on any atom is -0.497 e. The molecule has 7 heteroatoms. The van der Waals surface area contributed by atoms with Crippen LogP contribution in [0.4, 0.5) is 0 Å². The van der Waals surface area contributed by atoms with Gasteiger partial charge in [0.25, 0.3) is 11.5 Å². The van der Waals surface area contributed by atoms with Gasteiger partial charge in [-0.1, -0.05) is 36.4 Å². The normalized spacial score (nSPS) is 11.6. The molecule has 0 spiro atoms. The Morgan fingerprint density at radius 3 is 2.52 bits per heavy atom. The number of rotatable bonds is 5. The quantitative estimate of drug-likeness (QED) is 0.398. The van der Waals surface area contributed by atoms with Gasteiger partial charge < -0.3 is 4.74 Å². The van der Waals surface area contributed by atoms with Crippen molar-refractivity contribution in [3.05, 3.63) is 82.3 Å². The average molecular weight is 414 g/mol. The standard InChI is InChI=1S/C24H22N4O3/c1-4-28-24(30)21-8-6-5-7-20(21)22(27-28)23(29)26-25-15(2)16-9-10-18-14-19(31-3)12-11-17(18)13-16/h5-14H,4H2,1-3H3,(H,26,29)/b25-15-. The van der Waals surface area contributed by atoms with Gasteiger partial charge in [0.2, 0.25) is 0 Å². The first-order valence-corrected chi connectivity index (χ1v) is 9.94. The molecule has 1 aromatic heterocycles. The Hall–Kier alpha value is -4.00. The summed E-state index contributed by atoms with van der Waals surface area (Å²) in [7, 11) is 1.64. The van der Waals surface area contributed by atoms with Crippen LogP contribution in [0.3, 0.4) is 0 Å². The van der Waals surface area contributed by atoms with Gasteiger partial charge in [-0.05, 0) is 54.4 Å². The molecule has 0 aliphatic heterocycles. The summed E-state index contributed by atoms with van der Waals surface area (Å²) < 4.78 is 6.55. The summed E-state index contributed by atoms with van der Waals surface area (Å²) in [6.07, 6.45) is 0. The second-order valence-electron chi connectivity index (χ2n) is 7.08. The van der Waals surface area contributed by atoms with Crippen LogP contribution in [0.15, 0.2) is 70.6 Å². The molecule has 7 nitrogen and oxygen atoms in total. The SMILES string of the molecule is CCn1nc(C(=O)N/N=C(/C)c2ccc3cc(OC)ccc3c2)c2ccccc2c1=O. The molecule has 3 aromatic carbocycles. The van der Waals surface area contributed by atoms with E-state index in [4.69, 9.17) is 4.74 Å². The van der Waals surface area contributed by atoms with E-state index >= 15 is 0 Å². The van der Waals surface area contributed by atoms with Gasteiger partial charge in [-0.25, -0.2) is 10.1 Å². The Morgan fingerprint density at radius 1 is 1.06 bits per heavy atom. The number of aromatic nitrogens is 2. The van der Waals surface area contributed by atoms with Crippen molar-refractivity contribution < 1.29 is 9.53 Å². The molecule has 0 saturated heterocycles. The van der Waals surface area contributed by atoms with E-state index in [-0.39, 0.29) is 11.3 Å². The zero-order valence-electron chi connectivity index (χ0n) is 17.5. The smallest absolute Gasteiger partial charge is 0.292 e. The fourth-order valence-electron chi connectivity index (χ4n) is 3.45. The third-order valence-electron chi connectivity index (χ3n) is 5.17. The lowest BCUT2D eigenvalue weighted by Gasteiger charge is -2.09. The Kier molecular flexibility index (Phi) is 5.49. The van der Waals surface area contributed by atoms with Crippen molar-refractivity contribution in [3.63, 3.8) is 0 Å². The van der Waals surface area contributed by atoms with E-state index in [1.807, 2.05) is 50.2 Å². The summed E-state index contributed by atoms with van der Waals surface area (Å²) in [5.74, 6) is 0.328. The van der Waals surface area contributed by atoms with Crippen LogP contribution in [-0.4, -0.2) is 28.5 Å². The average Bonchev–Trinajstić information content (AvgIpc) is 2.82. The molecule has 0 bridgehead atoms. The molecule has 0 unspecified atom stereocenters. The first kappa shape index (κ1) is 20.3. The van der Waals surface area contributed by atoms with Gasteiger partial charge in [-0.15, -0.1) is 0 Å². The number of carbonyl (C=O) groups is 1. The van der Waals surface area contributed by atoms with E-state index in [2.05, 4.69) is 15.6 Å². The van der Waals surface area contributed by atoms with E-state index in [1.54, 1.807) is 31.4 Å². The predicted molar refractivity (Wildman–Crippen MR) is 122 cm³/mol. The number of hydrogen-bond acceptors (Lipinski definition) is 5. The molecule has 156 valence electrons. The minimum atomic E-state index is -0.469. The topological polar surface area (TPSA) is 85.6 Å². The molecule has 31 heavy (non-hydrogen) atoms. The van der Waals surface area contributed by atoms with Crippen molar-refractivity contribution in [3.8, 4) is 5.75 Å². The number of benzene rings is 3. The van der Waals surface area contributed by atoms with Crippen LogP contribution in [0.25, 0.3) is 21.5 Å². The number of carbonyl (C=O) groups excluding carboxylic acids is 1. The van der Waals surface area contributed by atoms with Crippen LogP contribution in [-0.2, 0) is 6.54 Å². The lowest BCUT2D eigenvalue weighted by atomic mass is 10.0. The molecule has 0 fully saturated rings. The second-order valence-corrected chi connectivity index (χ2v) is 7.08. The van der Waals surface area contributed by atoms with Crippen LogP contribution < -0.4 is 15.7 Å². The molecule has 0 aliphatic carbocycles. The fraction of sp³-hybridized carbons (Fsp3) is 0.167. The van der Waals surface area contributed by atoms with Crippen molar-refractivity contribution in [2.45, 2.75) is 20.4 Å². The van der Waals surface area contributed by atoms with Crippen molar-refractivity contribution >= 4 is 33.2 Å². The van der Waals surface area contributed by atoms with Gasteiger partial charge in [0.05, 0.1) is 18.2 Å². The molecular formula is C24H22N4O3. The second kappa shape index (κ2) is 8.39. The van der Waals surface area contributed by atoms with E-state index < -0.39 is 5.91 Å². The number of aryl methyl sites for hydroxylation is 1. The van der Waals surface area contributed by atoms with Gasteiger partial charge in [0.15, 0.2) is 5.69 Å². The van der Waals surface area contributed by atoms with Gasteiger partial charge in [0.1, 0.15) is 5.75 Å². The molecule has 4 aromatic rings. The largest absolute Gasteiger partial charge is 0.497 e. The molecule has 0 saturated carbocycles. The third kappa shape index (κ3) is 3.90. The van der Waals surface area contributed by atoms with E-state index in [0.29, 0.717) is 23.0 Å². The van der Waals surface area contributed by atoms with Crippen LogP contribution in [0.1, 0.15) is 29.9 Å². The highest BCUT2D eigenvalue weighted by atomic mass is 16.5.